The minimum Gasteiger partial charge on any atom is -0.497 e. The Bertz CT molecular complexity index is 776. The fourth-order valence-electron chi connectivity index (χ4n) is 4.30. The Labute approximate surface area is 179 Å². The van der Waals surface area contributed by atoms with E-state index in [0.717, 1.165) is 43.5 Å². The number of amides is 1. The van der Waals surface area contributed by atoms with Crippen molar-refractivity contribution in [2.24, 2.45) is 0 Å². The van der Waals surface area contributed by atoms with Crippen LogP contribution in [0.2, 0.25) is 0 Å². The molecular weight excluding hydrogens is 378 g/mol. The van der Waals surface area contributed by atoms with Gasteiger partial charge in [0.05, 0.1) is 33.4 Å². The maximum Gasteiger partial charge on any atom is 0.275 e. The van der Waals surface area contributed by atoms with E-state index in [1.54, 1.807) is 7.11 Å². The lowest BCUT2D eigenvalue weighted by atomic mass is 9.98. The number of nitrogens with one attached hydrogen (secondary N) is 3. The Kier molecular flexibility index (Phi) is 8.25. The quantitative estimate of drug-likeness (QED) is 0.537. The molecule has 6 heteroatoms. The van der Waals surface area contributed by atoms with Crippen LogP contribution in [0.3, 0.4) is 0 Å². The molecule has 30 heavy (non-hydrogen) atoms. The lowest BCUT2D eigenvalue weighted by Gasteiger charge is -2.35. The van der Waals surface area contributed by atoms with Gasteiger partial charge in [-0.05, 0) is 31.2 Å². The molecule has 2 aromatic carbocycles. The summed E-state index contributed by atoms with van der Waals surface area (Å²) in [4.78, 5) is 15.4. The second-order valence-corrected chi connectivity index (χ2v) is 8.17. The number of hydrogen-bond donors (Lipinski definition) is 3. The average Bonchev–Trinajstić information content (AvgIpc) is 2.75. The Morgan fingerprint density at radius 2 is 1.80 bits per heavy atom. The Morgan fingerprint density at radius 3 is 2.43 bits per heavy atom. The maximum absolute atomic E-state index is 12.8. The number of carbonyl (C=O) groups excluding carboxylic acids is 1. The lowest BCUT2D eigenvalue weighted by molar-refractivity contribution is -0.940. The molecule has 1 aliphatic rings. The van der Waals surface area contributed by atoms with Crippen LogP contribution < -0.4 is 19.9 Å². The van der Waals surface area contributed by atoms with Gasteiger partial charge in [0.2, 0.25) is 0 Å². The van der Waals surface area contributed by atoms with Gasteiger partial charge in [-0.3, -0.25) is 4.79 Å². The van der Waals surface area contributed by atoms with Crippen molar-refractivity contribution in [3.05, 3.63) is 65.7 Å². The summed E-state index contributed by atoms with van der Waals surface area (Å²) < 4.78 is 10.8. The van der Waals surface area contributed by atoms with Crippen molar-refractivity contribution in [1.29, 1.82) is 0 Å². The Balaban J connectivity index is 1.58. The van der Waals surface area contributed by atoms with Crippen molar-refractivity contribution in [2.45, 2.75) is 25.6 Å². The van der Waals surface area contributed by atoms with Crippen LogP contribution >= 0.6 is 0 Å². The van der Waals surface area contributed by atoms with Crippen LogP contribution in [0.25, 0.3) is 0 Å². The molecule has 1 heterocycles. The molecule has 0 aliphatic carbocycles. The SMILES string of the molecule is COc1ccc(C[NH+](C)CC(=O)N[C@@H](C)[C@@H](c2ccccc2)[NH+]2CCOCC2)cc1. The molecule has 0 spiro atoms. The third kappa shape index (κ3) is 6.29. The predicted octanol–water partition coefficient (Wildman–Crippen LogP) is -0.129. The molecule has 0 radical (unpaired) electrons. The fraction of sp³-hybridized carbons (Fsp3) is 0.458. The van der Waals surface area contributed by atoms with Crippen LogP contribution in [0.1, 0.15) is 24.1 Å². The molecule has 3 rings (SSSR count). The summed E-state index contributed by atoms with van der Waals surface area (Å²) in [6, 6.07) is 18.8. The molecule has 2 aromatic rings. The summed E-state index contributed by atoms with van der Waals surface area (Å²) >= 11 is 0. The van der Waals surface area contributed by atoms with Crippen molar-refractivity contribution < 1.29 is 24.1 Å². The van der Waals surface area contributed by atoms with Gasteiger partial charge in [0.25, 0.3) is 5.91 Å². The molecule has 0 aromatic heterocycles. The number of carbonyl (C=O) groups is 1. The van der Waals surface area contributed by atoms with E-state index in [1.165, 1.54) is 16.0 Å². The zero-order valence-corrected chi connectivity index (χ0v) is 18.3. The first kappa shape index (κ1) is 22.3. The number of likely N-dealkylation sites (N-methyl/N-ethyl adjacent to an activating group) is 1. The van der Waals surface area contributed by atoms with E-state index < -0.39 is 0 Å². The first-order chi connectivity index (χ1) is 14.6. The minimum absolute atomic E-state index is 0.0433. The number of benzene rings is 2. The molecule has 1 aliphatic heterocycles. The summed E-state index contributed by atoms with van der Waals surface area (Å²) in [7, 11) is 3.72. The number of methoxy groups -OCH3 is 1. The van der Waals surface area contributed by atoms with E-state index in [2.05, 4.69) is 55.7 Å². The normalized spacial score (nSPS) is 17.7. The van der Waals surface area contributed by atoms with Crippen molar-refractivity contribution in [3.63, 3.8) is 0 Å². The fourth-order valence-corrected chi connectivity index (χ4v) is 4.30. The van der Waals surface area contributed by atoms with Crippen molar-refractivity contribution in [3.8, 4) is 5.75 Å². The third-order valence-corrected chi connectivity index (χ3v) is 5.75. The lowest BCUT2D eigenvalue weighted by Crippen LogP contribution is -3.15. The number of quaternary nitrogens is 2. The predicted molar refractivity (Wildman–Crippen MR) is 117 cm³/mol. The molecule has 3 N–H and O–H groups in total. The van der Waals surface area contributed by atoms with E-state index in [4.69, 9.17) is 9.47 Å². The zero-order chi connectivity index (χ0) is 21.3. The number of hydrogen-bond acceptors (Lipinski definition) is 3. The minimum atomic E-state index is 0.0433. The highest BCUT2D eigenvalue weighted by atomic mass is 16.5. The van der Waals surface area contributed by atoms with Crippen LogP contribution in [0.5, 0.6) is 5.75 Å². The van der Waals surface area contributed by atoms with Crippen molar-refractivity contribution in [2.75, 3.05) is 47.0 Å². The van der Waals surface area contributed by atoms with Crippen molar-refractivity contribution >= 4 is 5.91 Å². The van der Waals surface area contributed by atoms with Crippen LogP contribution in [0, 0.1) is 0 Å². The smallest absolute Gasteiger partial charge is 0.275 e. The van der Waals surface area contributed by atoms with Gasteiger partial charge in [0.1, 0.15) is 31.4 Å². The van der Waals surface area contributed by atoms with E-state index >= 15 is 0 Å². The highest BCUT2D eigenvalue weighted by Crippen LogP contribution is 2.14. The second-order valence-electron chi connectivity index (χ2n) is 8.17. The summed E-state index contributed by atoms with van der Waals surface area (Å²) in [5, 5.41) is 3.27. The van der Waals surface area contributed by atoms with Crippen LogP contribution in [0.15, 0.2) is 54.6 Å². The Hall–Kier alpha value is -2.41. The number of ether oxygens (including phenoxy) is 2. The summed E-state index contributed by atoms with van der Waals surface area (Å²) in [5.74, 6) is 0.933. The molecule has 3 atom stereocenters. The van der Waals surface area contributed by atoms with Crippen LogP contribution in [-0.4, -0.2) is 59.0 Å². The first-order valence-electron chi connectivity index (χ1n) is 10.8. The topological polar surface area (TPSA) is 56.4 Å². The molecule has 0 bridgehead atoms. The molecule has 0 saturated carbocycles. The second kappa shape index (κ2) is 11.1. The molecule has 1 saturated heterocycles. The van der Waals surface area contributed by atoms with Gasteiger partial charge < -0.3 is 24.6 Å². The van der Waals surface area contributed by atoms with Gasteiger partial charge in [-0.15, -0.1) is 0 Å². The van der Waals surface area contributed by atoms with E-state index in [9.17, 15) is 4.79 Å². The first-order valence-corrected chi connectivity index (χ1v) is 10.8. The maximum atomic E-state index is 12.8. The van der Waals surface area contributed by atoms with Gasteiger partial charge in [0, 0.05) is 11.1 Å². The molecular formula is C24H35N3O3+2. The molecule has 162 valence electrons. The third-order valence-electron chi connectivity index (χ3n) is 5.75. The molecule has 6 nitrogen and oxygen atoms in total. The largest absolute Gasteiger partial charge is 0.497 e. The summed E-state index contributed by atoms with van der Waals surface area (Å²) in [6.07, 6.45) is 0. The van der Waals surface area contributed by atoms with Gasteiger partial charge in [0.15, 0.2) is 6.54 Å². The van der Waals surface area contributed by atoms with Crippen molar-refractivity contribution in [1.82, 2.24) is 5.32 Å². The number of rotatable bonds is 9. The summed E-state index contributed by atoms with van der Waals surface area (Å²) in [6.45, 7) is 6.82. The van der Waals surface area contributed by atoms with Crippen LogP contribution in [-0.2, 0) is 16.1 Å². The summed E-state index contributed by atoms with van der Waals surface area (Å²) in [5.41, 5.74) is 2.45. The highest BCUT2D eigenvalue weighted by molar-refractivity contribution is 5.77. The van der Waals surface area contributed by atoms with Gasteiger partial charge in [-0.2, -0.15) is 0 Å². The van der Waals surface area contributed by atoms with E-state index in [1.807, 2.05) is 18.2 Å². The standard InChI is InChI=1S/C24H33N3O3/c1-19(24(21-7-5-4-6-8-21)27-13-15-30-16-14-27)25-23(28)18-26(2)17-20-9-11-22(29-3)12-10-20/h4-12,19,24H,13-18H2,1-3H3,(H,25,28)/p+2/t19-,24-/m0/s1. The molecule has 1 fully saturated rings. The monoisotopic (exact) mass is 413 g/mol. The average molecular weight is 414 g/mol. The molecule has 1 unspecified atom stereocenters. The highest BCUT2D eigenvalue weighted by Gasteiger charge is 2.32. The van der Waals surface area contributed by atoms with Crippen LogP contribution in [0.4, 0.5) is 0 Å². The van der Waals surface area contributed by atoms with Gasteiger partial charge >= 0.3 is 0 Å². The van der Waals surface area contributed by atoms with E-state index in [-0.39, 0.29) is 18.0 Å². The van der Waals surface area contributed by atoms with Gasteiger partial charge in [-0.25, -0.2) is 0 Å². The molecule has 1 amide bonds. The van der Waals surface area contributed by atoms with Gasteiger partial charge in [-0.1, -0.05) is 30.3 Å². The Morgan fingerprint density at radius 1 is 1.13 bits per heavy atom. The van der Waals surface area contributed by atoms with E-state index in [0.29, 0.717) is 6.54 Å². The number of morpholine rings is 1. The zero-order valence-electron chi connectivity index (χ0n) is 18.3.